The predicted molar refractivity (Wildman–Crippen MR) is 78.7 cm³/mol. The Hall–Kier alpha value is -2.76. The van der Waals surface area contributed by atoms with Crippen molar-refractivity contribution < 1.29 is 23.5 Å². The smallest absolute Gasteiger partial charge is 0.308 e. The Morgan fingerprint density at radius 2 is 2.00 bits per heavy atom. The molecule has 0 aliphatic rings. The Morgan fingerprint density at radius 1 is 1.27 bits per heavy atom. The lowest BCUT2D eigenvalue weighted by atomic mass is 10.1. The second-order valence-corrected chi connectivity index (χ2v) is 4.89. The lowest BCUT2D eigenvalue weighted by Crippen LogP contribution is -2.35. The van der Waals surface area contributed by atoms with E-state index in [1.54, 1.807) is 37.3 Å². The summed E-state index contributed by atoms with van der Waals surface area (Å²) in [6.45, 7) is 1.87. The van der Waals surface area contributed by atoms with Gasteiger partial charge in [0.15, 0.2) is 0 Å². The van der Waals surface area contributed by atoms with Crippen molar-refractivity contribution in [3.05, 3.63) is 54.4 Å². The third-order valence-corrected chi connectivity index (χ3v) is 3.09. The third-order valence-electron chi connectivity index (χ3n) is 3.09. The fourth-order valence-corrected chi connectivity index (χ4v) is 1.88. The van der Waals surface area contributed by atoms with Crippen LogP contribution in [0.4, 0.5) is 0 Å². The van der Waals surface area contributed by atoms with Crippen LogP contribution in [0.1, 0.15) is 18.4 Å². The standard InChI is InChI=1S/C16H17NO5/c1-12(16(19)20)10-17(11-14-5-3-9-22-14)15(18)7-6-13-4-2-8-21-13/h2-9,12H,10-11H2,1H3,(H,19,20)/b7-6+. The lowest BCUT2D eigenvalue weighted by molar-refractivity contribution is -0.142. The van der Waals surface area contributed by atoms with E-state index in [0.29, 0.717) is 11.5 Å². The minimum atomic E-state index is -0.952. The number of furan rings is 2. The molecule has 1 atom stereocenters. The van der Waals surface area contributed by atoms with Crippen molar-refractivity contribution in [3.63, 3.8) is 0 Å². The van der Waals surface area contributed by atoms with Crippen molar-refractivity contribution >= 4 is 18.0 Å². The van der Waals surface area contributed by atoms with Crippen LogP contribution in [0.2, 0.25) is 0 Å². The van der Waals surface area contributed by atoms with Crippen LogP contribution in [0.15, 0.2) is 51.7 Å². The molecule has 0 fully saturated rings. The molecule has 0 bridgehead atoms. The zero-order valence-corrected chi connectivity index (χ0v) is 12.1. The Labute approximate surface area is 127 Å². The summed E-state index contributed by atoms with van der Waals surface area (Å²) in [6.07, 6.45) is 5.92. The quantitative estimate of drug-likeness (QED) is 0.795. The number of hydrogen-bond donors (Lipinski definition) is 1. The van der Waals surface area contributed by atoms with Crippen LogP contribution in [0.5, 0.6) is 0 Å². The number of hydrogen-bond acceptors (Lipinski definition) is 4. The molecule has 2 aromatic rings. The molecule has 1 N–H and O–H groups in total. The largest absolute Gasteiger partial charge is 0.481 e. The summed E-state index contributed by atoms with van der Waals surface area (Å²) in [4.78, 5) is 24.7. The summed E-state index contributed by atoms with van der Waals surface area (Å²) in [5.74, 6) is -0.779. The van der Waals surface area contributed by atoms with Gasteiger partial charge in [-0.3, -0.25) is 9.59 Å². The number of amides is 1. The fraction of sp³-hybridized carbons (Fsp3) is 0.250. The fourth-order valence-electron chi connectivity index (χ4n) is 1.88. The highest BCUT2D eigenvalue weighted by molar-refractivity contribution is 5.91. The van der Waals surface area contributed by atoms with Crippen LogP contribution in [0.3, 0.4) is 0 Å². The van der Waals surface area contributed by atoms with E-state index in [4.69, 9.17) is 13.9 Å². The number of carbonyl (C=O) groups excluding carboxylic acids is 1. The van der Waals surface area contributed by atoms with E-state index in [-0.39, 0.29) is 19.0 Å². The van der Waals surface area contributed by atoms with Gasteiger partial charge in [-0.05, 0) is 30.3 Å². The summed E-state index contributed by atoms with van der Waals surface area (Å²) >= 11 is 0. The maximum atomic E-state index is 12.3. The maximum absolute atomic E-state index is 12.3. The van der Waals surface area contributed by atoms with Crippen LogP contribution < -0.4 is 0 Å². The summed E-state index contributed by atoms with van der Waals surface area (Å²) in [6, 6.07) is 6.90. The van der Waals surface area contributed by atoms with E-state index in [2.05, 4.69) is 0 Å². The summed E-state index contributed by atoms with van der Waals surface area (Å²) in [7, 11) is 0. The molecule has 0 saturated heterocycles. The van der Waals surface area contributed by atoms with Gasteiger partial charge in [0, 0.05) is 12.6 Å². The molecule has 2 aromatic heterocycles. The average Bonchev–Trinajstić information content (AvgIpc) is 3.17. The molecule has 0 aromatic carbocycles. The molecule has 22 heavy (non-hydrogen) atoms. The van der Waals surface area contributed by atoms with Gasteiger partial charge in [0.25, 0.3) is 0 Å². The Bertz CT molecular complexity index is 628. The Morgan fingerprint density at radius 3 is 2.59 bits per heavy atom. The minimum absolute atomic E-state index is 0.0946. The number of nitrogens with zero attached hydrogens (tertiary/aromatic N) is 1. The number of carboxylic acid groups (broad SMARTS) is 1. The summed E-state index contributed by atoms with van der Waals surface area (Å²) in [5.41, 5.74) is 0. The zero-order valence-electron chi connectivity index (χ0n) is 12.1. The van der Waals surface area contributed by atoms with Crippen molar-refractivity contribution in [2.45, 2.75) is 13.5 Å². The first-order valence-electron chi connectivity index (χ1n) is 6.82. The minimum Gasteiger partial charge on any atom is -0.481 e. The van der Waals surface area contributed by atoms with E-state index in [9.17, 15) is 9.59 Å². The second kappa shape index (κ2) is 7.31. The molecule has 6 heteroatoms. The highest BCUT2D eigenvalue weighted by atomic mass is 16.4. The van der Waals surface area contributed by atoms with Crippen molar-refractivity contribution in [1.29, 1.82) is 0 Å². The molecular formula is C16H17NO5. The van der Waals surface area contributed by atoms with Crippen molar-refractivity contribution in [2.24, 2.45) is 5.92 Å². The number of carboxylic acids is 1. The lowest BCUT2D eigenvalue weighted by Gasteiger charge is -2.22. The van der Waals surface area contributed by atoms with Gasteiger partial charge in [0.1, 0.15) is 11.5 Å². The third kappa shape index (κ3) is 4.37. The predicted octanol–water partition coefficient (Wildman–Crippen LogP) is 2.64. The highest BCUT2D eigenvalue weighted by Gasteiger charge is 2.20. The van der Waals surface area contributed by atoms with Crippen LogP contribution in [0, 0.1) is 5.92 Å². The molecule has 0 aliphatic carbocycles. The molecular weight excluding hydrogens is 286 g/mol. The van der Waals surface area contributed by atoms with Crippen molar-refractivity contribution in [1.82, 2.24) is 4.90 Å². The first-order valence-corrected chi connectivity index (χ1v) is 6.82. The molecule has 0 spiro atoms. The van der Waals surface area contributed by atoms with E-state index < -0.39 is 11.9 Å². The zero-order chi connectivity index (χ0) is 15.9. The normalized spacial score (nSPS) is 12.4. The van der Waals surface area contributed by atoms with E-state index in [1.165, 1.54) is 23.5 Å². The van der Waals surface area contributed by atoms with E-state index in [0.717, 1.165) is 0 Å². The summed E-state index contributed by atoms with van der Waals surface area (Å²) < 4.78 is 10.3. The van der Waals surface area contributed by atoms with Gasteiger partial charge < -0.3 is 18.8 Å². The Balaban J connectivity index is 2.08. The molecule has 116 valence electrons. The molecule has 1 unspecified atom stereocenters. The van der Waals surface area contributed by atoms with Gasteiger partial charge in [-0.25, -0.2) is 0 Å². The molecule has 0 radical (unpaired) electrons. The molecule has 2 heterocycles. The summed E-state index contributed by atoms with van der Waals surface area (Å²) in [5, 5.41) is 9.02. The number of carbonyl (C=O) groups is 2. The second-order valence-electron chi connectivity index (χ2n) is 4.89. The van der Waals surface area contributed by atoms with Gasteiger partial charge in [-0.1, -0.05) is 6.92 Å². The molecule has 0 aliphatic heterocycles. The van der Waals surface area contributed by atoms with Crippen molar-refractivity contribution in [2.75, 3.05) is 6.54 Å². The first-order chi connectivity index (χ1) is 10.6. The maximum Gasteiger partial charge on any atom is 0.308 e. The van der Waals surface area contributed by atoms with E-state index >= 15 is 0 Å². The van der Waals surface area contributed by atoms with Gasteiger partial charge in [0.2, 0.25) is 5.91 Å². The molecule has 2 rings (SSSR count). The monoisotopic (exact) mass is 303 g/mol. The van der Waals surface area contributed by atoms with Crippen LogP contribution in [-0.2, 0) is 16.1 Å². The molecule has 6 nitrogen and oxygen atoms in total. The Kier molecular flexibility index (Phi) is 5.19. The molecule has 0 saturated carbocycles. The van der Waals surface area contributed by atoms with Gasteiger partial charge in [-0.15, -0.1) is 0 Å². The average molecular weight is 303 g/mol. The van der Waals surface area contributed by atoms with Crippen molar-refractivity contribution in [3.8, 4) is 0 Å². The number of rotatable bonds is 7. The first kappa shape index (κ1) is 15.6. The number of aliphatic carboxylic acids is 1. The molecule has 1 amide bonds. The topological polar surface area (TPSA) is 83.9 Å². The van der Waals surface area contributed by atoms with Crippen LogP contribution >= 0.6 is 0 Å². The SMILES string of the molecule is CC(CN(Cc1ccco1)C(=O)/C=C/c1ccco1)C(=O)O. The van der Waals surface area contributed by atoms with Gasteiger partial charge >= 0.3 is 5.97 Å². The van der Waals surface area contributed by atoms with Crippen LogP contribution in [0.25, 0.3) is 6.08 Å². The van der Waals surface area contributed by atoms with Gasteiger partial charge in [-0.2, -0.15) is 0 Å². The van der Waals surface area contributed by atoms with Crippen LogP contribution in [-0.4, -0.2) is 28.4 Å². The van der Waals surface area contributed by atoms with E-state index in [1.807, 2.05) is 0 Å². The van der Waals surface area contributed by atoms with Gasteiger partial charge in [0.05, 0.1) is 25.0 Å². The highest BCUT2D eigenvalue weighted by Crippen LogP contribution is 2.11.